The molecule has 0 amide bonds. The van der Waals surface area contributed by atoms with Gasteiger partial charge in [-0.05, 0) is 30.9 Å². The van der Waals surface area contributed by atoms with Gasteiger partial charge in [0.05, 0.1) is 12.2 Å². The third kappa shape index (κ3) is 3.44. The van der Waals surface area contributed by atoms with Crippen molar-refractivity contribution in [1.29, 1.82) is 5.26 Å². The zero-order chi connectivity index (χ0) is 18.7. The average molecular weight is 349 g/mol. The predicted molar refractivity (Wildman–Crippen MR) is 98.1 cm³/mol. The molecular weight excluding hydrogens is 330 g/mol. The van der Waals surface area contributed by atoms with Gasteiger partial charge in [-0.2, -0.15) is 10.4 Å². The minimum atomic E-state index is -0.937. The summed E-state index contributed by atoms with van der Waals surface area (Å²) in [6.45, 7) is 3.38. The van der Waals surface area contributed by atoms with Crippen LogP contribution < -0.4 is 10.3 Å². The fraction of sp³-hybridized carbons (Fsp3) is 0.250. The molecule has 0 fully saturated rings. The maximum absolute atomic E-state index is 12.3. The number of fused-ring (bicyclic) bond motifs is 1. The van der Waals surface area contributed by atoms with Gasteiger partial charge in [-0.3, -0.25) is 4.79 Å². The van der Waals surface area contributed by atoms with E-state index in [4.69, 9.17) is 10.00 Å². The van der Waals surface area contributed by atoms with Gasteiger partial charge in [-0.25, -0.2) is 4.68 Å². The molecule has 26 heavy (non-hydrogen) atoms. The molecule has 0 spiro atoms. The Kier molecular flexibility index (Phi) is 5.01. The number of aromatic nitrogens is 2. The molecule has 1 atom stereocenters. The first-order valence-electron chi connectivity index (χ1n) is 8.28. The number of benzene rings is 2. The van der Waals surface area contributed by atoms with E-state index in [1.165, 1.54) is 0 Å². The Bertz CT molecular complexity index is 1050. The van der Waals surface area contributed by atoms with Crippen molar-refractivity contribution >= 4 is 10.8 Å². The topological polar surface area (TPSA) is 88.1 Å². The average Bonchev–Trinajstić information content (AvgIpc) is 2.65. The molecule has 0 unspecified atom stereocenters. The van der Waals surface area contributed by atoms with Crippen molar-refractivity contribution in [1.82, 2.24) is 9.78 Å². The van der Waals surface area contributed by atoms with E-state index in [1.807, 2.05) is 48.5 Å². The Morgan fingerprint density at radius 2 is 1.96 bits per heavy atom. The predicted octanol–water partition coefficient (Wildman–Crippen LogP) is 2.32. The van der Waals surface area contributed by atoms with Crippen LogP contribution in [0.15, 0.2) is 47.3 Å². The highest BCUT2D eigenvalue weighted by molar-refractivity contribution is 5.88. The van der Waals surface area contributed by atoms with Gasteiger partial charge in [0, 0.05) is 5.39 Å². The number of aliphatic hydroxyl groups is 1. The summed E-state index contributed by atoms with van der Waals surface area (Å²) in [6, 6.07) is 15.4. The summed E-state index contributed by atoms with van der Waals surface area (Å²) >= 11 is 0. The van der Waals surface area contributed by atoms with Gasteiger partial charge in [0.2, 0.25) is 0 Å². The second kappa shape index (κ2) is 7.38. The quantitative estimate of drug-likeness (QED) is 0.764. The number of nitriles is 1. The van der Waals surface area contributed by atoms with Crippen LogP contribution in [0.1, 0.15) is 16.8 Å². The summed E-state index contributed by atoms with van der Waals surface area (Å²) in [4.78, 5) is 12.3. The van der Waals surface area contributed by atoms with E-state index in [0.717, 1.165) is 15.5 Å². The Labute approximate surface area is 150 Å². The van der Waals surface area contributed by atoms with Crippen molar-refractivity contribution in [2.45, 2.75) is 26.5 Å². The Balaban J connectivity index is 1.76. The lowest BCUT2D eigenvalue weighted by atomic mass is 10.1. The highest BCUT2D eigenvalue weighted by Crippen LogP contribution is 2.25. The van der Waals surface area contributed by atoms with Crippen LogP contribution in [0.25, 0.3) is 10.8 Å². The first kappa shape index (κ1) is 17.6. The zero-order valence-corrected chi connectivity index (χ0v) is 14.6. The standard InChI is InChI=1S/C20H19N3O3/c1-13-14(2)22-23(20(25)18(13)10-21)11-16(24)12-26-19-9-5-7-15-6-3-4-8-17(15)19/h3-9,16,24H,11-12H2,1-2H3/t16-/m1/s1. The molecule has 0 radical (unpaired) electrons. The van der Waals surface area contributed by atoms with Crippen LogP contribution in [-0.4, -0.2) is 27.6 Å². The molecule has 1 N–H and O–H groups in total. The summed E-state index contributed by atoms with van der Waals surface area (Å²) in [5.74, 6) is 0.667. The molecule has 1 heterocycles. The Morgan fingerprint density at radius 3 is 2.73 bits per heavy atom. The largest absolute Gasteiger partial charge is 0.490 e. The van der Waals surface area contributed by atoms with Crippen LogP contribution in [0.4, 0.5) is 0 Å². The number of hydrogen-bond acceptors (Lipinski definition) is 5. The second-order valence-electron chi connectivity index (χ2n) is 6.13. The molecule has 0 aliphatic rings. The molecule has 0 saturated heterocycles. The summed E-state index contributed by atoms with van der Waals surface area (Å²) in [5, 5.41) is 25.6. The van der Waals surface area contributed by atoms with Crippen LogP contribution in [-0.2, 0) is 6.54 Å². The van der Waals surface area contributed by atoms with Crippen molar-refractivity contribution < 1.29 is 9.84 Å². The number of ether oxygens (including phenoxy) is 1. The number of rotatable bonds is 5. The molecule has 3 aromatic rings. The molecule has 2 aromatic carbocycles. The molecule has 0 saturated carbocycles. The molecule has 3 rings (SSSR count). The first-order valence-corrected chi connectivity index (χ1v) is 8.28. The van der Waals surface area contributed by atoms with E-state index in [1.54, 1.807) is 13.8 Å². The molecule has 1 aromatic heterocycles. The summed E-state index contributed by atoms with van der Waals surface area (Å²) < 4.78 is 6.87. The van der Waals surface area contributed by atoms with Crippen LogP contribution in [0, 0.1) is 25.2 Å². The third-order valence-corrected chi connectivity index (χ3v) is 4.31. The zero-order valence-electron chi connectivity index (χ0n) is 14.6. The SMILES string of the molecule is Cc1nn(C[C@@H](O)COc2cccc3ccccc23)c(=O)c(C#N)c1C. The highest BCUT2D eigenvalue weighted by atomic mass is 16.5. The van der Waals surface area contributed by atoms with Gasteiger partial charge in [0.15, 0.2) is 0 Å². The smallest absolute Gasteiger partial charge is 0.285 e. The Hall–Kier alpha value is -3.17. The van der Waals surface area contributed by atoms with Crippen molar-refractivity contribution in [2.24, 2.45) is 0 Å². The van der Waals surface area contributed by atoms with E-state index in [2.05, 4.69) is 5.10 Å². The number of nitrogens with zero attached hydrogens (tertiary/aromatic N) is 3. The maximum atomic E-state index is 12.3. The lowest BCUT2D eigenvalue weighted by Gasteiger charge is -2.15. The van der Waals surface area contributed by atoms with Gasteiger partial charge < -0.3 is 9.84 Å². The minimum Gasteiger partial charge on any atom is -0.490 e. The van der Waals surface area contributed by atoms with E-state index < -0.39 is 11.7 Å². The van der Waals surface area contributed by atoms with Gasteiger partial charge in [0.25, 0.3) is 5.56 Å². The van der Waals surface area contributed by atoms with Gasteiger partial charge in [-0.15, -0.1) is 0 Å². The van der Waals surface area contributed by atoms with Crippen molar-refractivity contribution in [2.75, 3.05) is 6.61 Å². The number of hydrogen-bond donors (Lipinski definition) is 1. The summed E-state index contributed by atoms with van der Waals surface area (Å²) in [6.07, 6.45) is -0.937. The highest BCUT2D eigenvalue weighted by Gasteiger charge is 2.15. The first-order chi connectivity index (χ1) is 12.5. The normalized spacial score (nSPS) is 11.9. The van der Waals surface area contributed by atoms with Gasteiger partial charge in [0.1, 0.15) is 30.1 Å². The molecule has 0 bridgehead atoms. The Morgan fingerprint density at radius 1 is 1.23 bits per heavy atom. The lowest BCUT2D eigenvalue weighted by Crippen LogP contribution is -2.34. The van der Waals surface area contributed by atoms with Crippen LogP contribution in [0.3, 0.4) is 0 Å². The summed E-state index contributed by atoms with van der Waals surface area (Å²) in [7, 11) is 0. The molecule has 0 aliphatic carbocycles. The summed E-state index contributed by atoms with van der Waals surface area (Å²) in [5.41, 5.74) is 0.707. The molecular formula is C20H19N3O3. The molecule has 132 valence electrons. The lowest BCUT2D eigenvalue weighted by molar-refractivity contribution is 0.0885. The van der Waals surface area contributed by atoms with E-state index in [0.29, 0.717) is 17.0 Å². The molecule has 0 aliphatic heterocycles. The molecule has 6 heteroatoms. The van der Waals surface area contributed by atoms with Crippen molar-refractivity contribution in [3.05, 3.63) is 69.6 Å². The van der Waals surface area contributed by atoms with Gasteiger partial charge >= 0.3 is 0 Å². The van der Waals surface area contributed by atoms with Crippen LogP contribution in [0.2, 0.25) is 0 Å². The van der Waals surface area contributed by atoms with Gasteiger partial charge in [-0.1, -0.05) is 36.4 Å². The van der Waals surface area contributed by atoms with E-state index in [-0.39, 0.29) is 18.7 Å². The third-order valence-electron chi connectivity index (χ3n) is 4.31. The van der Waals surface area contributed by atoms with E-state index >= 15 is 0 Å². The maximum Gasteiger partial charge on any atom is 0.285 e. The number of aliphatic hydroxyl groups excluding tert-OH is 1. The molecule has 6 nitrogen and oxygen atoms in total. The second-order valence-corrected chi connectivity index (χ2v) is 6.13. The van der Waals surface area contributed by atoms with Crippen molar-refractivity contribution in [3.8, 4) is 11.8 Å². The van der Waals surface area contributed by atoms with E-state index in [9.17, 15) is 9.90 Å². The monoisotopic (exact) mass is 349 g/mol. The van der Waals surface area contributed by atoms with Crippen molar-refractivity contribution in [3.63, 3.8) is 0 Å². The number of aryl methyl sites for hydroxylation is 1. The van der Waals surface area contributed by atoms with Crippen LogP contribution >= 0.6 is 0 Å². The minimum absolute atomic E-state index is 0.0109. The van der Waals surface area contributed by atoms with Crippen LogP contribution in [0.5, 0.6) is 5.75 Å². The fourth-order valence-corrected chi connectivity index (χ4v) is 2.79. The fourth-order valence-electron chi connectivity index (χ4n) is 2.79.